The van der Waals surface area contributed by atoms with Gasteiger partial charge in [0.1, 0.15) is 0 Å². The van der Waals surface area contributed by atoms with Crippen molar-refractivity contribution in [3.05, 3.63) is 71.8 Å². The van der Waals surface area contributed by atoms with E-state index >= 15 is 0 Å². The fourth-order valence-electron chi connectivity index (χ4n) is 2.39. The number of nitrogens with zero attached hydrogens (tertiary/aromatic N) is 1. The van der Waals surface area contributed by atoms with Crippen LogP contribution in [0.2, 0.25) is 0 Å². The van der Waals surface area contributed by atoms with E-state index in [0.717, 1.165) is 11.1 Å². The van der Waals surface area contributed by atoms with Crippen LogP contribution in [0.4, 0.5) is 0 Å². The number of hydrogen-bond acceptors (Lipinski definition) is 3. The molecule has 0 saturated carbocycles. The minimum absolute atomic E-state index is 0.0472. The topological polar surface area (TPSA) is 77.8 Å². The van der Waals surface area contributed by atoms with E-state index in [-0.39, 0.29) is 6.54 Å². The highest BCUT2D eigenvalue weighted by atomic mass is 16.4. The Balaban J connectivity index is 2.16. The number of carbonyl (C=O) groups is 2. The summed E-state index contributed by atoms with van der Waals surface area (Å²) in [6.07, 6.45) is 0. The van der Waals surface area contributed by atoms with Gasteiger partial charge in [0, 0.05) is 19.6 Å². The average Bonchev–Trinajstić information content (AvgIpc) is 2.53. The molecule has 0 radical (unpaired) electrons. The summed E-state index contributed by atoms with van der Waals surface area (Å²) in [5.41, 5.74) is 2.02. The maximum absolute atomic E-state index is 11.2. The molecule has 2 aromatic rings. The number of carboxylic acid groups (broad SMARTS) is 2. The Hall–Kier alpha value is -2.66. The van der Waals surface area contributed by atoms with Crippen LogP contribution in [0.5, 0.6) is 0 Å². The van der Waals surface area contributed by atoms with Crippen molar-refractivity contribution in [1.29, 1.82) is 0 Å². The second-order valence-electron chi connectivity index (χ2n) is 5.37. The van der Waals surface area contributed by atoms with Gasteiger partial charge in [-0.25, -0.2) is 0 Å². The number of hydrogen-bond donors (Lipinski definition) is 2. The van der Waals surface area contributed by atoms with Gasteiger partial charge in [-0.1, -0.05) is 60.7 Å². The first-order chi connectivity index (χ1) is 11.1. The molecule has 0 aliphatic carbocycles. The maximum Gasteiger partial charge on any atom is 0.319 e. The predicted octanol–water partition coefficient (Wildman–Crippen LogP) is 2.47. The molecular weight excluding hydrogens is 294 g/mol. The molecule has 0 fully saturated rings. The molecule has 2 rings (SSSR count). The van der Waals surface area contributed by atoms with Crippen molar-refractivity contribution in [3.63, 3.8) is 0 Å². The van der Waals surface area contributed by atoms with Crippen molar-refractivity contribution in [2.24, 2.45) is 5.92 Å². The Bertz CT molecular complexity index is 587. The SMILES string of the molecule is O=C(O)C(CN(Cc1ccccc1)Cc1ccccc1)C(=O)O. The van der Waals surface area contributed by atoms with Crippen LogP contribution in [-0.4, -0.2) is 33.6 Å². The summed E-state index contributed by atoms with van der Waals surface area (Å²) in [5, 5.41) is 18.2. The zero-order valence-corrected chi connectivity index (χ0v) is 12.6. The van der Waals surface area contributed by atoms with Crippen molar-refractivity contribution in [1.82, 2.24) is 4.90 Å². The largest absolute Gasteiger partial charge is 0.481 e. The molecule has 0 aliphatic rings. The third-order valence-electron chi connectivity index (χ3n) is 3.53. The Morgan fingerprint density at radius 3 is 1.52 bits per heavy atom. The molecule has 23 heavy (non-hydrogen) atoms. The predicted molar refractivity (Wildman–Crippen MR) is 85.8 cm³/mol. The molecule has 0 spiro atoms. The van der Waals surface area contributed by atoms with E-state index in [4.69, 9.17) is 10.2 Å². The second-order valence-corrected chi connectivity index (χ2v) is 5.37. The van der Waals surface area contributed by atoms with Crippen LogP contribution >= 0.6 is 0 Å². The van der Waals surface area contributed by atoms with E-state index in [1.807, 2.05) is 65.6 Å². The quantitative estimate of drug-likeness (QED) is 0.732. The zero-order valence-electron chi connectivity index (χ0n) is 12.6. The van der Waals surface area contributed by atoms with Gasteiger partial charge in [0.2, 0.25) is 0 Å². The fraction of sp³-hybridized carbons (Fsp3) is 0.222. The van der Waals surface area contributed by atoms with Crippen LogP contribution in [-0.2, 0) is 22.7 Å². The van der Waals surface area contributed by atoms with Crippen LogP contribution < -0.4 is 0 Å². The van der Waals surface area contributed by atoms with E-state index in [1.165, 1.54) is 0 Å². The summed E-state index contributed by atoms with van der Waals surface area (Å²) >= 11 is 0. The lowest BCUT2D eigenvalue weighted by atomic mass is 10.1. The molecule has 0 saturated heterocycles. The van der Waals surface area contributed by atoms with Gasteiger partial charge in [-0.05, 0) is 11.1 Å². The standard InChI is InChI=1S/C18H19NO4/c20-17(21)16(18(22)23)13-19(11-14-7-3-1-4-8-14)12-15-9-5-2-6-10-15/h1-10,16H,11-13H2,(H,20,21)(H,22,23). The van der Waals surface area contributed by atoms with Crippen LogP contribution in [0.25, 0.3) is 0 Å². The van der Waals surface area contributed by atoms with E-state index < -0.39 is 17.9 Å². The Morgan fingerprint density at radius 1 is 0.783 bits per heavy atom. The normalized spacial score (nSPS) is 10.9. The summed E-state index contributed by atoms with van der Waals surface area (Å²) in [7, 11) is 0. The molecule has 120 valence electrons. The third-order valence-corrected chi connectivity index (χ3v) is 3.53. The van der Waals surface area contributed by atoms with Gasteiger partial charge in [-0.15, -0.1) is 0 Å². The second kappa shape index (κ2) is 8.10. The minimum Gasteiger partial charge on any atom is -0.481 e. The van der Waals surface area contributed by atoms with Gasteiger partial charge < -0.3 is 10.2 Å². The molecule has 0 amide bonds. The van der Waals surface area contributed by atoms with Crippen LogP contribution in [0.15, 0.2) is 60.7 Å². The molecule has 0 aliphatic heterocycles. The van der Waals surface area contributed by atoms with E-state index in [1.54, 1.807) is 0 Å². The van der Waals surface area contributed by atoms with Gasteiger partial charge in [0.15, 0.2) is 5.92 Å². The van der Waals surface area contributed by atoms with Crippen molar-refractivity contribution in [3.8, 4) is 0 Å². The van der Waals surface area contributed by atoms with Crippen LogP contribution in [0.3, 0.4) is 0 Å². The van der Waals surface area contributed by atoms with Gasteiger partial charge >= 0.3 is 11.9 Å². The highest BCUT2D eigenvalue weighted by Gasteiger charge is 2.28. The smallest absolute Gasteiger partial charge is 0.319 e. The lowest BCUT2D eigenvalue weighted by Crippen LogP contribution is -2.37. The molecule has 0 unspecified atom stereocenters. The number of aliphatic carboxylic acids is 2. The monoisotopic (exact) mass is 313 g/mol. The van der Waals surface area contributed by atoms with Gasteiger partial charge in [-0.3, -0.25) is 14.5 Å². The maximum atomic E-state index is 11.2. The van der Waals surface area contributed by atoms with Crippen LogP contribution in [0.1, 0.15) is 11.1 Å². The molecular formula is C18H19NO4. The molecule has 5 nitrogen and oxygen atoms in total. The van der Waals surface area contributed by atoms with Gasteiger partial charge in [0.05, 0.1) is 0 Å². The van der Waals surface area contributed by atoms with Crippen molar-refractivity contribution in [2.45, 2.75) is 13.1 Å². The molecule has 2 N–H and O–H groups in total. The van der Waals surface area contributed by atoms with E-state index in [2.05, 4.69) is 0 Å². The number of rotatable bonds is 8. The summed E-state index contributed by atoms with van der Waals surface area (Å²) in [6, 6.07) is 19.2. The summed E-state index contributed by atoms with van der Waals surface area (Å²) < 4.78 is 0. The van der Waals surface area contributed by atoms with Crippen molar-refractivity contribution >= 4 is 11.9 Å². The Morgan fingerprint density at radius 2 is 1.17 bits per heavy atom. The zero-order chi connectivity index (χ0) is 16.7. The fourth-order valence-corrected chi connectivity index (χ4v) is 2.39. The number of carboxylic acids is 2. The van der Waals surface area contributed by atoms with Crippen molar-refractivity contribution in [2.75, 3.05) is 6.54 Å². The van der Waals surface area contributed by atoms with Crippen LogP contribution in [0, 0.1) is 5.92 Å². The van der Waals surface area contributed by atoms with Crippen molar-refractivity contribution < 1.29 is 19.8 Å². The molecule has 5 heteroatoms. The average molecular weight is 313 g/mol. The Kier molecular flexibility index (Phi) is 5.88. The molecule has 0 aromatic heterocycles. The summed E-state index contributed by atoms with van der Waals surface area (Å²) in [5.74, 6) is -4.07. The first kappa shape index (κ1) is 16.7. The molecule has 2 aromatic carbocycles. The summed E-state index contributed by atoms with van der Waals surface area (Å²) in [4.78, 5) is 24.2. The lowest BCUT2D eigenvalue weighted by molar-refractivity contribution is -0.155. The first-order valence-corrected chi connectivity index (χ1v) is 7.32. The highest BCUT2D eigenvalue weighted by Crippen LogP contribution is 2.13. The Labute approximate surface area is 134 Å². The van der Waals surface area contributed by atoms with Gasteiger partial charge in [0.25, 0.3) is 0 Å². The highest BCUT2D eigenvalue weighted by molar-refractivity contribution is 5.93. The van der Waals surface area contributed by atoms with Gasteiger partial charge in [-0.2, -0.15) is 0 Å². The third kappa shape index (κ3) is 5.23. The number of benzene rings is 2. The lowest BCUT2D eigenvalue weighted by Gasteiger charge is -2.24. The minimum atomic E-state index is -1.44. The summed E-state index contributed by atoms with van der Waals surface area (Å²) in [6.45, 7) is 0.939. The molecule has 0 atom stereocenters. The molecule has 0 bridgehead atoms. The van der Waals surface area contributed by atoms with E-state index in [9.17, 15) is 9.59 Å². The van der Waals surface area contributed by atoms with E-state index in [0.29, 0.717) is 13.1 Å². The molecule has 0 heterocycles. The first-order valence-electron chi connectivity index (χ1n) is 7.32.